The molecule has 0 radical (unpaired) electrons. The predicted molar refractivity (Wildman–Crippen MR) is 174 cm³/mol. The van der Waals surface area contributed by atoms with Gasteiger partial charge in [-0.05, 0) is 44.2 Å². The van der Waals surface area contributed by atoms with Crippen LogP contribution in [0.3, 0.4) is 0 Å². The summed E-state index contributed by atoms with van der Waals surface area (Å²) in [6.45, 7) is 0.760. The fourth-order valence-corrected chi connectivity index (χ4v) is 7.60. The van der Waals surface area contributed by atoms with Gasteiger partial charge in [0, 0.05) is 38.8 Å². The fraction of sp³-hybridized carbons (Fsp3) is 0.750. The summed E-state index contributed by atoms with van der Waals surface area (Å²) in [5.74, 6) is 1.55. The normalized spacial score (nSPS) is 14.4. The van der Waals surface area contributed by atoms with Crippen molar-refractivity contribution in [2.24, 2.45) is 0 Å². The third kappa shape index (κ3) is 17.0. The molecular formula is C32H52O10S2. The second kappa shape index (κ2) is 25.3. The van der Waals surface area contributed by atoms with Crippen LogP contribution in [0.15, 0.2) is 12.1 Å². The molecule has 1 aliphatic rings. The zero-order valence-electron chi connectivity index (χ0n) is 26.8. The Labute approximate surface area is 271 Å². The molecule has 1 heterocycles. The van der Waals surface area contributed by atoms with E-state index in [9.17, 15) is 9.59 Å². The number of hydrogen-bond donors (Lipinski definition) is 0. The Balaban J connectivity index is 1.52. The Morgan fingerprint density at radius 1 is 0.705 bits per heavy atom. The molecule has 1 atom stereocenters. The number of benzene rings is 1. The van der Waals surface area contributed by atoms with Crippen molar-refractivity contribution in [2.75, 3.05) is 60.7 Å². The van der Waals surface area contributed by atoms with E-state index in [1.165, 1.54) is 64.9 Å². The van der Waals surface area contributed by atoms with Gasteiger partial charge in [0.1, 0.15) is 0 Å². The van der Waals surface area contributed by atoms with Crippen molar-refractivity contribution in [3.8, 4) is 17.2 Å². The molecule has 2 rings (SSSR count). The topological polar surface area (TPSA) is 108 Å². The maximum atomic E-state index is 12.8. The second-order valence-corrected chi connectivity index (χ2v) is 13.4. The standard InChI is InChI=1S/C32H52O10S2/c1-35-23-40-28-21-26(22-29(41-24-36-2)31(28)42-25-37-3)32(34)39-19-14-10-8-6-4-5-7-9-13-18-38-30(33)16-12-11-15-27-17-20-43-44-27/h21-22,27H,4-20,23-25H2,1-3H3. The van der Waals surface area contributed by atoms with Gasteiger partial charge in [0.2, 0.25) is 5.75 Å². The Bertz CT molecular complexity index is 882. The summed E-state index contributed by atoms with van der Waals surface area (Å²) in [5, 5.41) is 0.784. The van der Waals surface area contributed by atoms with Crippen LogP contribution in [-0.4, -0.2) is 77.9 Å². The van der Waals surface area contributed by atoms with Crippen molar-refractivity contribution >= 4 is 33.5 Å². The first-order chi connectivity index (χ1) is 21.6. The number of rotatable bonds is 27. The molecule has 0 aromatic heterocycles. The average Bonchev–Trinajstić information content (AvgIpc) is 3.56. The van der Waals surface area contributed by atoms with Gasteiger partial charge in [0.25, 0.3) is 0 Å². The van der Waals surface area contributed by atoms with Crippen LogP contribution in [0.25, 0.3) is 0 Å². The molecule has 1 unspecified atom stereocenters. The van der Waals surface area contributed by atoms with Gasteiger partial charge in [0.05, 0.1) is 18.8 Å². The van der Waals surface area contributed by atoms with Crippen LogP contribution < -0.4 is 14.2 Å². The summed E-state index contributed by atoms with van der Waals surface area (Å²) >= 11 is 0. The van der Waals surface area contributed by atoms with Gasteiger partial charge in [-0.3, -0.25) is 4.79 Å². The van der Waals surface area contributed by atoms with Crippen LogP contribution in [0.5, 0.6) is 17.2 Å². The SMILES string of the molecule is COCOc1cc(C(=O)OCCCCCCCCCCCOC(=O)CCCCC2CCSS2)cc(OCOC)c1OCOC. The fourth-order valence-electron chi connectivity index (χ4n) is 4.57. The Hall–Kier alpha value is -1.86. The van der Waals surface area contributed by atoms with Gasteiger partial charge in [-0.1, -0.05) is 73.0 Å². The van der Waals surface area contributed by atoms with Crippen LogP contribution in [0, 0.1) is 0 Å². The molecular weight excluding hydrogens is 608 g/mol. The summed E-state index contributed by atoms with van der Waals surface area (Å²) in [6, 6.07) is 3.07. The Morgan fingerprint density at radius 2 is 1.25 bits per heavy atom. The molecule has 12 heteroatoms. The lowest BCUT2D eigenvalue weighted by atomic mass is 10.1. The lowest BCUT2D eigenvalue weighted by molar-refractivity contribution is -0.143. The summed E-state index contributed by atoms with van der Waals surface area (Å²) in [4.78, 5) is 24.6. The molecule has 0 amide bonds. The minimum atomic E-state index is -0.476. The van der Waals surface area contributed by atoms with Gasteiger partial charge >= 0.3 is 11.9 Å². The molecule has 1 aromatic carbocycles. The summed E-state index contributed by atoms with van der Waals surface area (Å²) in [7, 11) is 8.47. The van der Waals surface area contributed by atoms with E-state index < -0.39 is 5.97 Å². The molecule has 252 valence electrons. The Kier molecular flexibility index (Phi) is 22.1. The molecule has 0 bridgehead atoms. The van der Waals surface area contributed by atoms with Crippen LogP contribution in [0.1, 0.15) is 100 Å². The molecule has 1 aliphatic heterocycles. The van der Waals surface area contributed by atoms with E-state index in [1.807, 2.05) is 21.6 Å². The van der Waals surface area contributed by atoms with Crippen LogP contribution in [0.4, 0.5) is 0 Å². The molecule has 0 aliphatic carbocycles. The molecule has 1 saturated heterocycles. The van der Waals surface area contributed by atoms with E-state index in [0.29, 0.717) is 19.6 Å². The lowest BCUT2D eigenvalue weighted by Crippen LogP contribution is -2.11. The molecule has 0 N–H and O–H groups in total. The van der Waals surface area contributed by atoms with E-state index in [1.54, 1.807) is 0 Å². The first kappa shape index (κ1) is 38.3. The molecule has 10 nitrogen and oxygen atoms in total. The molecule has 0 saturated carbocycles. The monoisotopic (exact) mass is 660 g/mol. The highest BCUT2D eigenvalue weighted by Gasteiger charge is 2.20. The van der Waals surface area contributed by atoms with Crippen LogP contribution in [0.2, 0.25) is 0 Å². The van der Waals surface area contributed by atoms with E-state index in [4.69, 9.17) is 37.9 Å². The first-order valence-corrected chi connectivity index (χ1v) is 18.1. The summed E-state index contributed by atoms with van der Waals surface area (Å²) in [5.41, 5.74) is 0.273. The van der Waals surface area contributed by atoms with Crippen molar-refractivity contribution in [3.05, 3.63) is 17.7 Å². The van der Waals surface area contributed by atoms with E-state index in [0.717, 1.165) is 63.0 Å². The third-order valence-electron chi connectivity index (χ3n) is 6.91. The summed E-state index contributed by atoms with van der Waals surface area (Å²) < 4.78 is 42.7. The summed E-state index contributed by atoms with van der Waals surface area (Å²) in [6.07, 6.45) is 14.8. The van der Waals surface area contributed by atoms with E-state index in [2.05, 4.69) is 0 Å². The number of carbonyl (C=O) groups excluding carboxylic acids is 2. The number of unbranched alkanes of at least 4 members (excludes halogenated alkanes) is 9. The van der Waals surface area contributed by atoms with Crippen LogP contribution in [-0.2, 0) is 28.5 Å². The maximum absolute atomic E-state index is 12.8. The van der Waals surface area contributed by atoms with Crippen LogP contribution >= 0.6 is 21.6 Å². The number of methoxy groups -OCH3 is 3. The highest BCUT2D eigenvalue weighted by Crippen LogP contribution is 2.40. The predicted octanol–water partition coefficient (Wildman–Crippen LogP) is 7.56. The highest BCUT2D eigenvalue weighted by atomic mass is 33.1. The van der Waals surface area contributed by atoms with Crippen molar-refractivity contribution in [3.63, 3.8) is 0 Å². The van der Waals surface area contributed by atoms with Crippen molar-refractivity contribution in [1.29, 1.82) is 0 Å². The number of esters is 2. The zero-order valence-corrected chi connectivity index (χ0v) is 28.4. The van der Waals surface area contributed by atoms with Gasteiger partial charge in [-0.25, -0.2) is 4.79 Å². The van der Waals surface area contributed by atoms with Gasteiger partial charge in [-0.2, -0.15) is 0 Å². The van der Waals surface area contributed by atoms with Gasteiger partial charge < -0.3 is 37.9 Å². The molecule has 44 heavy (non-hydrogen) atoms. The molecule has 1 fully saturated rings. The van der Waals surface area contributed by atoms with Crippen molar-refractivity contribution < 1.29 is 47.5 Å². The first-order valence-electron chi connectivity index (χ1n) is 15.7. The minimum absolute atomic E-state index is 0.0348. The van der Waals surface area contributed by atoms with E-state index >= 15 is 0 Å². The molecule has 0 spiro atoms. The minimum Gasteiger partial charge on any atom is -0.466 e. The number of ether oxygens (including phenoxy) is 8. The van der Waals surface area contributed by atoms with E-state index in [-0.39, 0.29) is 49.2 Å². The smallest absolute Gasteiger partial charge is 0.338 e. The third-order valence-corrected chi connectivity index (χ3v) is 9.92. The largest absolute Gasteiger partial charge is 0.466 e. The second-order valence-electron chi connectivity index (χ2n) is 10.6. The highest BCUT2D eigenvalue weighted by molar-refractivity contribution is 8.77. The van der Waals surface area contributed by atoms with Crippen molar-refractivity contribution in [2.45, 2.75) is 95.1 Å². The van der Waals surface area contributed by atoms with Crippen molar-refractivity contribution in [1.82, 2.24) is 0 Å². The average molecular weight is 661 g/mol. The Morgan fingerprint density at radius 3 is 1.80 bits per heavy atom. The quantitative estimate of drug-likeness (QED) is 0.0402. The molecule has 1 aromatic rings. The zero-order chi connectivity index (χ0) is 31.7. The number of carbonyl (C=O) groups is 2. The van der Waals surface area contributed by atoms with Gasteiger partial charge in [0.15, 0.2) is 31.9 Å². The van der Waals surface area contributed by atoms with Gasteiger partial charge in [-0.15, -0.1) is 0 Å². The lowest BCUT2D eigenvalue weighted by Gasteiger charge is -2.17. The maximum Gasteiger partial charge on any atom is 0.338 e. The number of hydrogen-bond acceptors (Lipinski definition) is 12.